The topological polar surface area (TPSA) is 95.9 Å². The zero-order valence-corrected chi connectivity index (χ0v) is 23.5. The van der Waals surface area contributed by atoms with Crippen LogP contribution in [0.25, 0.3) is 0 Å². The van der Waals surface area contributed by atoms with E-state index in [0.29, 0.717) is 22.0 Å². The predicted octanol–water partition coefficient (Wildman–Crippen LogP) is 4.60. The third-order valence-corrected chi connectivity index (χ3v) is 11.5. The number of hydrogen-bond donors (Lipinski definition) is 0. The lowest BCUT2D eigenvalue weighted by Crippen LogP contribution is -2.61. The fourth-order valence-corrected chi connectivity index (χ4v) is 8.61. The fraction of sp³-hybridized carbons (Fsp3) is 0.579. The van der Waals surface area contributed by atoms with Crippen molar-refractivity contribution < 1.29 is 36.2 Å². The van der Waals surface area contributed by atoms with Gasteiger partial charge < -0.3 is 9.84 Å². The summed E-state index contributed by atoms with van der Waals surface area (Å²) >= 11 is 6.23. The zero-order valence-electron chi connectivity index (χ0n) is 16.2. The lowest BCUT2D eigenvalue weighted by Gasteiger charge is -2.62. The van der Waals surface area contributed by atoms with Crippen LogP contribution in [0.2, 0.25) is 0 Å². The highest BCUT2D eigenvalue weighted by atomic mass is 127. The van der Waals surface area contributed by atoms with Crippen molar-refractivity contribution in [1.29, 1.82) is 0 Å². The molecule has 0 amide bonds. The first kappa shape index (κ1) is 25.2. The minimum atomic E-state index is -5.93. The molecular formula is C19H16F3I3NO5S-. The number of sulfonamides is 1. The van der Waals surface area contributed by atoms with Crippen molar-refractivity contribution in [2.24, 2.45) is 21.6 Å². The van der Waals surface area contributed by atoms with Crippen molar-refractivity contribution >= 4 is 89.7 Å². The Morgan fingerprint density at radius 2 is 1.66 bits per heavy atom. The minimum absolute atomic E-state index is 0.00840. The lowest BCUT2D eigenvalue weighted by atomic mass is 9.47. The summed E-state index contributed by atoms with van der Waals surface area (Å²) in [6.07, 6.45) is 2.30. The van der Waals surface area contributed by atoms with Gasteiger partial charge in [0.05, 0.1) is 5.56 Å². The van der Waals surface area contributed by atoms with Gasteiger partial charge >= 0.3 is 21.5 Å². The van der Waals surface area contributed by atoms with Crippen molar-refractivity contribution in [2.75, 3.05) is 0 Å². The van der Waals surface area contributed by atoms with Crippen molar-refractivity contribution in [3.05, 3.63) is 28.4 Å². The molecule has 4 aliphatic carbocycles. The molecule has 1 aromatic carbocycles. The zero-order chi connectivity index (χ0) is 23.7. The molecule has 13 heteroatoms. The van der Waals surface area contributed by atoms with E-state index in [9.17, 15) is 31.5 Å². The van der Waals surface area contributed by atoms with Gasteiger partial charge in [-0.25, -0.2) is 4.79 Å². The van der Waals surface area contributed by atoms with E-state index in [1.54, 1.807) is 6.07 Å². The molecule has 5 rings (SSSR count). The smallest absolute Gasteiger partial charge is 0.518 e. The van der Waals surface area contributed by atoms with Gasteiger partial charge in [0.25, 0.3) is 0 Å². The molecule has 4 aliphatic rings. The van der Waals surface area contributed by atoms with E-state index in [-0.39, 0.29) is 31.1 Å². The number of benzene rings is 1. The summed E-state index contributed by atoms with van der Waals surface area (Å²) in [5.74, 6) is -1.89. The van der Waals surface area contributed by atoms with E-state index in [0.717, 1.165) is 13.6 Å². The van der Waals surface area contributed by atoms with E-state index in [2.05, 4.69) is 49.6 Å². The molecule has 32 heavy (non-hydrogen) atoms. The molecule has 4 bridgehead atoms. The maximum absolute atomic E-state index is 13.2. The molecule has 0 aliphatic heterocycles. The molecular weight excluding hydrogens is 792 g/mol. The molecule has 6 nitrogen and oxygen atoms in total. The maximum atomic E-state index is 13.2. The van der Waals surface area contributed by atoms with Crippen LogP contribution in [0.4, 0.5) is 13.2 Å². The third-order valence-electron chi connectivity index (χ3n) is 6.51. The van der Waals surface area contributed by atoms with Gasteiger partial charge in [-0.15, -0.1) is 0 Å². The first-order valence-electron chi connectivity index (χ1n) is 9.63. The summed E-state index contributed by atoms with van der Waals surface area (Å²) in [6, 6.07) is 3.68. The van der Waals surface area contributed by atoms with E-state index in [4.69, 9.17) is 4.74 Å². The summed E-state index contributed by atoms with van der Waals surface area (Å²) in [5.41, 5.74) is -7.58. The largest absolute Gasteiger partial charge is 0.861 e. The Morgan fingerprint density at radius 1 is 1.09 bits per heavy atom. The van der Waals surface area contributed by atoms with Gasteiger partial charge in [-0.1, -0.05) is 0 Å². The van der Waals surface area contributed by atoms with Crippen LogP contribution < -0.4 is 5.11 Å². The average Bonchev–Trinajstić information content (AvgIpc) is 2.62. The number of halogens is 6. The van der Waals surface area contributed by atoms with E-state index in [1.807, 2.05) is 28.7 Å². The van der Waals surface area contributed by atoms with Crippen LogP contribution in [0.5, 0.6) is 0 Å². The van der Waals surface area contributed by atoms with Gasteiger partial charge in [0.1, 0.15) is 5.60 Å². The van der Waals surface area contributed by atoms with Gasteiger partial charge in [-0.3, -0.25) is 0 Å². The van der Waals surface area contributed by atoms with E-state index < -0.39 is 38.4 Å². The number of nitrogens with zero attached hydrogens (tertiary/aromatic N) is 1. The Bertz CT molecular complexity index is 1110. The minimum Gasteiger partial charge on any atom is -0.861 e. The molecule has 2 unspecified atom stereocenters. The molecule has 0 aromatic heterocycles. The average molecular weight is 808 g/mol. The predicted molar refractivity (Wildman–Crippen MR) is 132 cm³/mol. The number of rotatable bonds is 4. The SMILES string of the molecule is O=C(OC12CC3CC(C1)CC(/C([O-])=N/S(=O)(=O)C(F)(F)F)(C3)C2)c1c(I)ccc(I)c1I. The number of carbonyl (C=O) groups excluding carboxylic acids is 1. The monoisotopic (exact) mass is 808 g/mol. The highest BCUT2D eigenvalue weighted by molar-refractivity contribution is 14.1. The molecule has 4 saturated carbocycles. The summed E-state index contributed by atoms with van der Waals surface area (Å²) in [7, 11) is -5.93. The number of hydrogen-bond acceptors (Lipinski definition) is 5. The summed E-state index contributed by atoms with van der Waals surface area (Å²) in [6.45, 7) is 0. The van der Waals surface area contributed by atoms with Crippen LogP contribution in [-0.4, -0.2) is 31.4 Å². The second kappa shape index (κ2) is 8.34. The Balaban J connectivity index is 1.68. The highest BCUT2D eigenvalue weighted by Gasteiger charge is 2.60. The Morgan fingerprint density at radius 3 is 2.22 bits per heavy atom. The normalized spacial score (nSPS) is 32.2. The summed E-state index contributed by atoms with van der Waals surface area (Å²) in [5, 5.41) is 12.8. The van der Waals surface area contributed by atoms with Gasteiger partial charge in [-0.05, 0) is 136 Å². The van der Waals surface area contributed by atoms with Crippen LogP contribution >= 0.6 is 67.8 Å². The number of ether oxygens (including phenoxy) is 1. The molecule has 0 N–H and O–H groups in total. The fourth-order valence-electron chi connectivity index (χ4n) is 5.77. The highest BCUT2D eigenvalue weighted by Crippen LogP contribution is 2.63. The number of alkyl halides is 3. The van der Waals surface area contributed by atoms with E-state index in [1.165, 1.54) is 0 Å². The van der Waals surface area contributed by atoms with Gasteiger partial charge in [0.2, 0.25) is 0 Å². The number of esters is 1. The molecule has 0 radical (unpaired) electrons. The van der Waals surface area contributed by atoms with Crippen LogP contribution in [0, 0.1) is 28.0 Å². The lowest BCUT2D eigenvalue weighted by molar-refractivity contribution is -0.250. The Labute approximate surface area is 223 Å². The van der Waals surface area contributed by atoms with Crippen molar-refractivity contribution in [3.8, 4) is 0 Å². The first-order chi connectivity index (χ1) is 14.7. The van der Waals surface area contributed by atoms with Gasteiger partial charge in [0, 0.05) is 16.1 Å². The van der Waals surface area contributed by atoms with Crippen molar-refractivity contribution in [1.82, 2.24) is 0 Å². The van der Waals surface area contributed by atoms with E-state index >= 15 is 0 Å². The first-order valence-corrected chi connectivity index (χ1v) is 14.3. The van der Waals surface area contributed by atoms with Crippen LogP contribution in [0.15, 0.2) is 16.5 Å². The standard InChI is InChI=1S/C19H17F3I3NO5S/c20-19(21,22)32(29,30)26-16(28)17-4-9-3-10(5-17)7-18(6-9,8-17)31-15(27)13-11(23)1-2-12(24)14(13)25/h1-2,9-10H,3-8H2,(H,26,28)/p-1. The molecule has 2 atom stereocenters. The second-order valence-corrected chi connectivity index (χ2v) is 13.8. The molecule has 0 spiro atoms. The molecule has 0 saturated heterocycles. The molecule has 4 fully saturated rings. The maximum Gasteiger partial charge on any atom is 0.518 e. The Hall–Kier alpha value is 0.0900. The van der Waals surface area contributed by atoms with Crippen molar-refractivity contribution in [3.63, 3.8) is 0 Å². The Kier molecular flexibility index (Phi) is 6.57. The quantitative estimate of drug-likeness (QED) is 0.146. The van der Waals surface area contributed by atoms with Crippen LogP contribution in [-0.2, 0) is 14.8 Å². The third kappa shape index (κ3) is 4.40. The molecule has 176 valence electrons. The van der Waals surface area contributed by atoms with Gasteiger partial charge in [0.15, 0.2) is 0 Å². The summed E-state index contributed by atoms with van der Waals surface area (Å²) in [4.78, 5) is 13.2. The summed E-state index contributed by atoms with van der Waals surface area (Å²) < 4.78 is 72.4. The molecule has 1 aromatic rings. The second-order valence-electron chi connectivity index (χ2n) is 8.85. The molecule has 0 heterocycles. The van der Waals surface area contributed by atoms with Crippen molar-refractivity contribution in [2.45, 2.75) is 49.6 Å². The van der Waals surface area contributed by atoms with Crippen LogP contribution in [0.3, 0.4) is 0 Å². The van der Waals surface area contributed by atoms with Crippen LogP contribution in [0.1, 0.15) is 48.9 Å². The van der Waals surface area contributed by atoms with Gasteiger partial charge in [-0.2, -0.15) is 26.0 Å². The number of carbonyl (C=O) groups is 1.